The van der Waals surface area contributed by atoms with E-state index in [9.17, 15) is 9.59 Å². The van der Waals surface area contributed by atoms with Gasteiger partial charge in [-0.1, -0.05) is 18.2 Å². The summed E-state index contributed by atoms with van der Waals surface area (Å²) >= 11 is 0. The van der Waals surface area contributed by atoms with E-state index in [0.717, 1.165) is 37.9 Å². The van der Waals surface area contributed by atoms with E-state index in [1.807, 2.05) is 43.0 Å². The van der Waals surface area contributed by atoms with E-state index in [2.05, 4.69) is 24.1 Å². The summed E-state index contributed by atoms with van der Waals surface area (Å²) in [6.45, 7) is 7.04. The third-order valence-electron chi connectivity index (χ3n) is 5.89. The predicted octanol–water partition coefficient (Wildman–Crippen LogP) is 2.71. The summed E-state index contributed by atoms with van der Waals surface area (Å²) in [4.78, 5) is 29.9. The van der Waals surface area contributed by atoms with E-state index in [1.54, 1.807) is 0 Å². The van der Waals surface area contributed by atoms with E-state index in [-0.39, 0.29) is 17.4 Å². The van der Waals surface area contributed by atoms with Gasteiger partial charge in [0.15, 0.2) is 0 Å². The summed E-state index contributed by atoms with van der Waals surface area (Å²) in [7, 11) is 4.21. The quantitative estimate of drug-likeness (QED) is 0.768. The van der Waals surface area contributed by atoms with E-state index < -0.39 is 0 Å². The molecule has 1 aliphatic rings. The number of nitrogens with zero attached hydrogens (tertiary/aromatic N) is 4. The lowest BCUT2D eigenvalue weighted by Crippen LogP contribution is -2.41. The first kappa shape index (κ1) is 20.5. The molecule has 1 amide bonds. The van der Waals surface area contributed by atoms with Crippen LogP contribution in [-0.4, -0.2) is 59.2 Å². The van der Waals surface area contributed by atoms with Crippen LogP contribution >= 0.6 is 0 Å². The number of likely N-dealkylation sites (tertiary alicyclic amines) is 1. The van der Waals surface area contributed by atoms with Crippen molar-refractivity contribution in [3.63, 3.8) is 0 Å². The van der Waals surface area contributed by atoms with Crippen molar-refractivity contribution in [1.29, 1.82) is 0 Å². The lowest BCUT2D eigenvalue weighted by Gasteiger charge is -2.34. The van der Waals surface area contributed by atoms with Crippen LogP contribution in [0.2, 0.25) is 0 Å². The van der Waals surface area contributed by atoms with E-state index >= 15 is 0 Å². The van der Waals surface area contributed by atoms with Crippen LogP contribution in [0, 0.1) is 5.92 Å². The summed E-state index contributed by atoms with van der Waals surface area (Å²) in [5.74, 6) is 0.453. The molecule has 1 aromatic heterocycles. The molecule has 1 atom stereocenters. The second-order valence-electron chi connectivity index (χ2n) is 8.13. The summed E-state index contributed by atoms with van der Waals surface area (Å²) in [6.07, 6.45) is 3.32. The lowest BCUT2D eigenvalue weighted by atomic mass is 9.92. The summed E-state index contributed by atoms with van der Waals surface area (Å²) in [5.41, 5.74) is 0.611. The number of carbonyl (C=O) groups excluding carboxylic acids is 1. The molecule has 1 aliphatic heterocycles. The highest BCUT2D eigenvalue weighted by atomic mass is 16.2. The predicted molar refractivity (Wildman–Crippen MR) is 113 cm³/mol. The van der Waals surface area contributed by atoms with Gasteiger partial charge in [0.1, 0.15) is 0 Å². The molecule has 1 saturated heterocycles. The van der Waals surface area contributed by atoms with Crippen LogP contribution < -0.4 is 5.56 Å². The molecule has 28 heavy (non-hydrogen) atoms. The van der Waals surface area contributed by atoms with Crippen molar-refractivity contribution >= 4 is 16.7 Å². The van der Waals surface area contributed by atoms with Gasteiger partial charge in [0.25, 0.3) is 5.56 Å². The van der Waals surface area contributed by atoms with Crippen LogP contribution in [0.5, 0.6) is 0 Å². The average molecular weight is 385 g/mol. The molecule has 1 aromatic carbocycles. The molecule has 0 bridgehead atoms. The van der Waals surface area contributed by atoms with E-state index in [4.69, 9.17) is 0 Å². The summed E-state index contributed by atoms with van der Waals surface area (Å²) in [6, 6.07) is 7.48. The molecule has 0 radical (unpaired) electrons. The fourth-order valence-corrected chi connectivity index (χ4v) is 4.07. The van der Waals surface area contributed by atoms with Crippen LogP contribution in [0.15, 0.2) is 29.1 Å². The van der Waals surface area contributed by atoms with Crippen LogP contribution in [0.3, 0.4) is 0 Å². The zero-order valence-corrected chi connectivity index (χ0v) is 17.5. The minimum Gasteiger partial charge on any atom is -0.342 e. The largest absolute Gasteiger partial charge is 0.342 e. The second-order valence-corrected chi connectivity index (χ2v) is 8.13. The van der Waals surface area contributed by atoms with Crippen molar-refractivity contribution < 1.29 is 4.79 Å². The number of piperidine rings is 1. The number of benzene rings is 1. The molecule has 0 saturated carbocycles. The van der Waals surface area contributed by atoms with Crippen molar-refractivity contribution in [1.82, 2.24) is 19.6 Å². The van der Waals surface area contributed by atoms with Crippen molar-refractivity contribution in [2.24, 2.45) is 5.92 Å². The van der Waals surface area contributed by atoms with E-state index in [0.29, 0.717) is 23.5 Å². The summed E-state index contributed by atoms with van der Waals surface area (Å²) < 4.78 is 1.47. The van der Waals surface area contributed by atoms with Gasteiger partial charge in [-0.2, -0.15) is 5.10 Å². The SMILES string of the molecule is CCn1nc([C@@H](C)C(=O)N2CCC(CCN(C)C)CC2)c2ccccc2c1=O. The maximum atomic E-state index is 13.2. The van der Waals surface area contributed by atoms with Crippen LogP contribution in [0.1, 0.15) is 44.7 Å². The number of amides is 1. The smallest absolute Gasteiger partial charge is 0.274 e. The van der Waals surface area contributed by atoms with Gasteiger partial charge in [-0.25, -0.2) is 4.68 Å². The van der Waals surface area contributed by atoms with Crippen molar-refractivity contribution in [3.8, 4) is 0 Å². The Hall–Kier alpha value is -2.21. The highest BCUT2D eigenvalue weighted by Crippen LogP contribution is 2.27. The van der Waals surface area contributed by atoms with Crippen molar-refractivity contribution in [2.45, 2.75) is 45.6 Å². The van der Waals surface area contributed by atoms with Crippen LogP contribution in [-0.2, 0) is 11.3 Å². The normalized spacial score (nSPS) is 16.7. The Labute approximate surface area is 167 Å². The standard InChI is InChI=1S/C22H32N4O2/c1-5-26-22(28)19-9-7-6-8-18(19)20(23-26)16(2)21(27)25-14-11-17(12-15-25)10-13-24(3)4/h6-9,16-17H,5,10-15H2,1-4H3/t16-/m1/s1. The van der Waals surface area contributed by atoms with Crippen LogP contribution in [0.4, 0.5) is 0 Å². The van der Waals surface area contributed by atoms with Gasteiger partial charge < -0.3 is 9.80 Å². The molecule has 152 valence electrons. The van der Waals surface area contributed by atoms with Crippen molar-refractivity contribution in [3.05, 3.63) is 40.3 Å². The molecular formula is C22H32N4O2. The fraction of sp³-hybridized carbons (Fsp3) is 0.591. The van der Waals surface area contributed by atoms with Crippen molar-refractivity contribution in [2.75, 3.05) is 33.7 Å². The number of aromatic nitrogens is 2. The molecule has 0 unspecified atom stereocenters. The first-order valence-corrected chi connectivity index (χ1v) is 10.4. The Bertz CT molecular complexity index is 882. The fourth-order valence-electron chi connectivity index (χ4n) is 4.07. The topological polar surface area (TPSA) is 58.4 Å². The number of hydrogen-bond acceptors (Lipinski definition) is 4. The van der Waals surface area contributed by atoms with Gasteiger partial charge in [-0.3, -0.25) is 9.59 Å². The zero-order valence-electron chi connectivity index (χ0n) is 17.5. The number of hydrogen-bond donors (Lipinski definition) is 0. The number of carbonyl (C=O) groups is 1. The Balaban J connectivity index is 1.77. The number of rotatable bonds is 6. The summed E-state index contributed by atoms with van der Waals surface area (Å²) in [5, 5.41) is 5.98. The highest BCUT2D eigenvalue weighted by Gasteiger charge is 2.29. The molecule has 2 heterocycles. The Morgan fingerprint density at radius 2 is 1.86 bits per heavy atom. The Morgan fingerprint density at radius 1 is 1.21 bits per heavy atom. The van der Waals surface area contributed by atoms with Gasteiger partial charge in [0.05, 0.1) is 17.0 Å². The van der Waals surface area contributed by atoms with Crippen LogP contribution in [0.25, 0.3) is 10.8 Å². The molecule has 6 heteroatoms. The molecule has 0 aliphatic carbocycles. The first-order chi connectivity index (χ1) is 13.4. The minimum atomic E-state index is -0.360. The molecular weight excluding hydrogens is 352 g/mol. The molecule has 3 rings (SSSR count). The molecule has 0 spiro atoms. The molecule has 0 N–H and O–H groups in total. The number of fused-ring (bicyclic) bond motifs is 1. The monoisotopic (exact) mass is 384 g/mol. The maximum absolute atomic E-state index is 13.2. The maximum Gasteiger partial charge on any atom is 0.274 e. The minimum absolute atomic E-state index is 0.0943. The van der Waals surface area contributed by atoms with Gasteiger partial charge in [0, 0.05) is 25.0 Å². The lowest BCUT2D eigenvalue weighted by molar-refractivity contribution is -0.133. The van der Waals surface area contributed by atoms with Gasteiger partial charge in [-0.15, -0.1) is 0 Å². The second kappa shape index (κ2) is 8.86. The number of aryl methyl sites for hydroxylation is 1. The average Bonchev–Trinajstić information content (AvgIpc) is 2.72. The first-order valence-electron chi connectivity index (χ1n) is 10.4. The molecule has 6 nitrogen and oxygen atoms in total. The highest BCUT2D eigenvalue weighted by molar-refractivity contribution is 5.91. The third kappa shape index (κ3) is 4.27. The third-order valence-corrected chi connectivity index (χ3v) is 5.89. The Kier molecular flexibility index (Phi) is 6.50. The van der Waals surface area contributed by atoms with Gasteiger partial charge in [-0.05, 0) is 65.7 Å². The molecule has 1 fully saturated rings. The van der Waals surface area contributed by atoms with Gasteiger partial charge in [0.2, 0.25) is 5.91 Å². The molecule has 2 aromatic rings. The van der Waals surface area contributed by atoms with E-state index in [1.165, 1.54) is 11.1 Å². The Morgan fingerprint density at radius 3 is 2.46 bits per heavy atom. The zero-order chi connectivity index (χ0) is 20.3. The van der Waals surface area contributed by atoms with Gasteiger partial charge >= 0.3 is 0 Å².